The molecule has 22 heavy (non-hydrogen) atoms. The summed E-state index contributed by atoms with van der Waals surface area (Å²) in [7, 11) is 2.02. The second kappa shape index (κ2) is 6.76. The van der Waals surface area contributed by atoms with Crippen LogP contribution in [0.15, 0.2) is 9.90 Å². The van der Waals surface area contributed by atoms with Crippen molar-refractivity contribution < 1.29 is 8.91 Å². The summed E-state index contributed by atoms with van der Waals surface area (Å²) >= 11 is 1.34. The zero-order chi connectivity index (χ0) is 15.5. The first-order valence-corrected chi connectivity index (χ1v) is 8.05. The fraction of sp³-hybridized carbons (Fsp3) is 0.692. The Kier molecular flexibility index (Phi) is 4.74. The third-order valence-electron chi connectivity index (χ3n) is 3.75. The summed E-state index contributed by atoms with van der Waals surface area (Å²) in [4.78, 5) is 8.44. The van der Waals surface area contributed by atoms with E-state index in [0.717, 1.165) is 18.8 Å². The summed E-state index contributed by atoms with van der Waals surface area (Å²) in [6, 6.07) is 0.144. The maximum atomic E-state index is 13.8. The van der Waals surface area contributed by atoms with E-state index >= 15 is 0 Å². The van der Waals surface area contributed by atoms with E-state index in [1.54, 1.807) is 6.92 Å². The summed E-state index contributed by atoms with van der Waals surface area (Å²) < 4.78 is 22.7. The van der Waals surface area contributed by atoms with E-state index in [4.69, 9.17) is 4.52 Å². The Labute approximate surface area is 132 Å². The Morgan fingerprint density at radius 2 is 2.41 bits per heavy atom. The van der Waals surface area contributed by atoms with Crippen molar-refractivity contribution in [1.82, 2.24) is 29.5 Å². The van der Waals surface area contributed by atoms with E-state index in [1.807, 2.05) is 12.4 Å². The van der Waals surface area contributed by atoms with Crippen molar-refractivity contribution in [3.05, 3.63) is 22.8 Å². The molecule has 3 heterocycles. The molecule has 1 aliphatic heterocycles. The molecule has 2 aromatic rings. The predicted molar refractivity (Wildman–Crippen MR) is 79.0 cm³/mol. The molecule has 1 fully saturated rings. The highest BCUT2D eigenvalue weighted by atomic mass is 32.1. The third-order valence-corrected chi connectivity index (χ3v) is 4.30. The summed E-state index contributed by atoms with van der Waals surface area (Å²) in [5.41, 5.74) is 0.947. The lowest BCUT2D eigenvalue weighted by molar-refractivity contribution is 0.175. The smallest absolute Gasteiger partial charge is 0.223 e. The predicted octanol–water partition coefficient (Wildman–Crippen LogP) is 1.27. The topological polar surface area (TPSA) is 71.2 Å². The van der Waals surface area contributed by atoms with Crippen molar-refractivity contribution in [3.63, 3.8) is 0 Å². The minimum absolute atomic E-state index is 0.144. The molecule has 3 rings (SSSR count). The van der Waals surface area contributed by atoms with Crippen molar-refractivity contribution in [1.29, 1.82) is 0 Å². The zero-order valence-corrected chi connectivity index (χ0v) is 13.5. The van der Waals surface area contributed by atoms with Gasteiger partial charge >= 0.3 is 0 Å². The van der Waals surface area contributed by atoms with Gasteiger partial charge in [-0.3, -0.25) is 9.80 Å². The molecule has 2 aromatic heterocycles. The molecule has 1 aliphatic rings. The van der Waals surface area contributed by atoms with Gasteiger partial charge in [0.05, 0.1) is 12.2 Å². The van der Waals surface area contributed by atoms with Crippen LogP contribution in [0, 0.1) is 6.92 Å². The molecule has 0 spiro atoms. The number of hydrogen-bond donors (Lipinski definition) is 0. The molecule has 1 saturated heterocycles. The SMILES string of the molecule is Cc1nc(CN2C[C@@H](F)C[C@H]2CN(C)Cc2csnn2)no1. The maximum Gasteiger partial charge on any atom is 0.223 e. The fourth-order valence-electron chi connectivity index (χ4n) is 2.85. The summed E-state index contributed by atoms with van der Waals surface area (Å²) in [6.45, 7) is 4.19. The number of nitrogens with zero attached hydrogens (tertiary/aromatic N) is 6. The van der Waals surface area contributed by atoms with E-state index in [0.29, 0.717) is 31.2 Å². The van der Waals surface area contributed by atoms with Crippen molar-refractivity contribution in [2.24, 2.45) is 0 Å². The standard InChI is InChI=1S/C13H19FN6OS/c1-9-15-13(17-21-9)7-20-4-10(14)3-12(20)6-19(2)5-11-8-22-18-16-11/h8,10,12H,3-7H2,1-2H3/t10-,12-/m0/s1. The molecule has 7 nitrogen and oxygen atoms in total. The molecule has 0 radical (unpaired) electrons. The van der Waals surface area contributed by atoms with Crippen LogP contribution in [0.1, 0.15) is 23.8 Å². The molecule has 120 valence electrons. The van der Waals surface area contributed by atoms with Crippen molar-refractivity contribution in [2.45, 2.75) is 38.6 Å². The number of rotatable bonds is 6. The molecule has 0 aliphatic carbocycles. The lowest BCUT2D eigenvalue weighted by Crippen LogP contribution is -2.38. The van der Waals surface area contributed by atoms with Crippen LogP contribution in [-0.4, -0.2) is 61.9 Å². The number of hydrogen-bond acceptors (Lipinski definition) is 8. The molecule has 0 saturated carbocycles. The van der Waals surface area contributed by atoms with Gasteiger partial charge in [0.25, 0.3) is 0 Å². The van der Waals surface area contributed by atoms with Gasteiger partial charge in [-0.05, 0) is 25.0 Å². The maximum absolute atomic E-state index is 13.8. The van der Waals surface area contributed by atoms with Crippen LogP contribution in [0.4, 0.5) is 4.39 Å². The number of aromatic nitrogens is 4. The molecule has 2 atom stereocenters. The van der Waals surface area contributed by atoms with Crippen molar-refractivity contribution in [3.8, 4) is 0 Å². The van der Waals surface area contributed by atoms with Crippen LogP contribution < -0.4 is 0 Å². The van der Waals surface area contributed by atoms with E-state index < -0.39 is 6.17 Å². The van der Waals surface area contributed by atoms with Gasteiger partial charge in [0.1, 0.15) is 6.17 Å². The van der Waals surface area contributed by atoms with Gasteiger partial charge in [-0.1, -0.05) is 9.64 Å². The second-order valence-corrected chi connectivity index (χ2v) is 6.35. The first-order chi connectivity index (χ1) is 10.6. The molecule has 0 bridgehead atoms. The Hall–Kier alpha value is -1.45. The highest BCUT2D eigenvalue weighted by Gasteiger charge is 2.33. The summed E-state index contributed by atoms with van der Waals surface area (Å²) in [5.74, 6) is 1.15. The molecular formula is C13H19FN6OS. The van der Waals surface area contributed by atoms with E-state index in [9.17, 15) is 4.39 Å². The lowest BCUT2D eigenvalue weighted by atomic mass is 10.2. The van der Waals surface area contributed by atoms with E-state index in [2.05, 4.69) is 29.5 Å². The van der Waals surface area contributed by atoms with E-state index in [1.165, 1.54) is 11.5 Å². The summed E-state index contributed by atoms with van der Waals surface area (Å²) in [5, 5.41) is 9.87. The molecule has 0 unspecified atom stereocenters. The second-order valence-electron chi connectivity index (χ2n) is 5.74. The Morgan fingerprint density at radius 3 is 3.09 bits per heavy atom. The van der Waals surface area contributed by atoms with Crippen molar-refractivity contribution >= 4 is 11.5 Å². The Balaban J connectivity index is 1.58. The quantitative estimate of drug-likeness (QED) is 0.791. The Bertz CT molecular complexity index is 591. The molecule has 9 heteroatoms. The van der Waals surface area contributed by atoms with Gasteiger partial charge in [0.2, 0.25) is 5.89 Å². The Morgan fingerprint density at radius 1 is 1.55 bits per heavy atom. The van der Waals surface area contributed by atoms with Crippen LogP contribution in [0.5, 0.6) is 0 Å². The number of alkyl halides is 1. The summed E-state index contributed by atoms with van der Waals surface area (Å²) in [6.07, 6.45) is -0.261. The van der Waals surface area contributed by atoms with Gasteiger partial charge in [0.15, 0.2) is 5.82 Å². The van der Waals surface area contributed by atoms with Gasteiger partial charge in [0, 0.05) is 38.0 Å². The molecule has 0 aromatic carbocycles. The fourth-order valence-corrected chi connectivity index (χ4v) is 3.29. The normalized spacial score (nSPS) is 22.7. The highest BCUT2D eigenvalue weighted by Crippen LogP contribution is 2.23. The third kappa shape index (κ3) is 3.84. The van der Waals surface area contributed by atoms with Gasteiger partial charge in [-0.2, -0.15) is 4.98 Å². The molecule has 0 N–H and O–H groups in total. The number of likely N-dealkylation sites (tertiary alicyclic amines) is 1. The largest absolute Gasteiger partial charge is 0.340 e. The minimum Gasteiger partial charge on any atom is -0.340 e. The van der Waals surface area contributed by atoms with Crippen LogP contribution in [0.2, 0.25) is 0 Å². The average molecular weight is 326 g/mol. The lowest BCUT2D eigenvalue weighted by Gasteiger charge is -2.26. The monoisotopic (exact) mass is 326 g/mol. The van der Waals surface area contributed by atoms with Crippen LogP contribution in [-0.2, 0) is 13.1 Å². The first-order valence-electron chi connectivity index (χ1n) is 7.22. The molecule has 0 amide bonds. The number of likely N-dealkylation sites (N-methyl/N-ethyl adjacent to an activating group) is 1. The van der Waals surface area contributed by atoms with Crippen LogP contribution >= 0.6 is 11.5 Å². The first kappa shape index (κ1) is 15.4. The van der Waals surface area contributed by atoms with E-state index in [-0.39, 0.29) is 6.04 Å². The minimum atomic E-state index is -0.799. The molecular weight excluding hydrogens is 307 g/mol. The number of aryl methyl sites for hydroxylation is 1. The van der Waals surface area contributed by atoms with Crippen LogP contribution in [0.3, 0.4) is 0 Å². The zero-order valence-electron chi connectivity index (χ0n) is 12.6. The van der Waals surface area contributed by atoms with Crippen molar-refractivity contribution in [2.75, 3.05) is 20.1 Å². The van der Waals surface area contributed by atoms with Gasteiger partial charge in [-0.25, -0.2) is 4.39 Å². The van der Waals surface area contributed by atoms with Crippen LogP contribution in [0.25, 0.3) is 0 Å². The average Bonchev–Trinajstić information content (AvgIpc) is 3.15. The highest BCUT2D eigenvalue weighted by molar-refractivity contribution is 7.03. The van der Waals surface area contributed by atoms with Gasteiger partial charge < -0.3 is 4.52 Å². The number of halogens is 1. The van der Waals surface area contributed by atoms with Gasteiger partial charge in [-0.15, -0.1) is 5.10 Å².